The summed E-state index contributed by atoms with van der Waals surface area (Å²) in [7, 11) is -3.49. The number of benzene rings is 1. The zero-order valence-corrected chi connectivity index (χ0v) is 12.1. The molecule has 0 aromatic heterocycles. The third kappa shape index (κ3) is 3.35. The van der Waals surface area contributed by atoms with Crippen LogP contribution in [0.15, 0.2) is 12.1 Å². The molecule has 3 nitrogen and oxygen atoms in total. The van der Waals surface area contributed by atoms with E-state index in [-0.39, 0.29) is 20.6 Å². The predicted octanol–water partition coefficient (Wildman–Crippen LogP) is 3.26. The van der Waals surface area contributed by atoms with Crippen LogP contribution in [0.5, 0.6) is 0 Å². The molecular formula is C10H9Cl3O3S. The number of ketones is 1. The fourth-order valence-electron chi connectivity index (χ4n) is 1.18. The summed E-state index contributed by atoms with van der Waals surface area (Å²) in [5.41, 5.74) is -0.0179. The van der Waals surface area contributed by atoms with Crippen molar-refractivity contribution in [3.8, 4) is 0 Å². The third-order valence-corrected chi connectivity index (χ3v) is 4.58. The highest BCUT2D eigenvalue weighted by Crippen LogP contribution is 2.30. The average molecular weight is 316 g/mol. The van der Waals surface area contributed by atoms with Crippen LogP contribution in [0.25, 0.3) is 0 Å². The van der Waals surface area contributed by atoms with Gasteiger partial charge in [-0.2, -0.15) is 0 Å². The summed E-state index contributed by atoms with van der Waals surface area (Å²) in [6, 6.07) is 2.69. The number of hydrogen-bond donors (Lipinski definition) is 0. The molecule has 0 bridgehead atoms. The molecular weight excluding hydrogens is 307 g/mol. The van der Waals surface area contributed by atoms with Gasteiger partial charge in [0, 0.05) is 11.3 Å². The first-order valence-corrected chi connectivity index (χ1v) is 7.61. The summed E-state index contributed by atoms with van der Waals surface area (Å²) < 4.78 is 22.6. The van der Waals surface area contributed by atoms with Gasteiger partial charge in [-0.1, -0.05) is 34.8 Å². The Bertz CT molecular complexity index is 543. The molecule has 0 heterocycles. The number of Topliss-reactive ketones (excluding diaryl/α,β-unsaturated/α-hetero) is 1. The molecule has 0 amide bonds. The van der Waals surface area contributed by atoms with Crippen LogP contribution < -0.4 is 0 Å². The van der Waals surface area contributed by atoms with Crippen molar-refractivity contribution in [2.24, 2.45) is 0 Å². The second-order valence-corrected chi connectivity index (χ2v) is 7.20. The number of sulfone groups is 1. The van der Waals surface area contributed by atoms with Gasteiger partial charge in [-0.25, -0.2) is 8.42 Å². The van der Waals surface area contributed by atoms with Crippen LogP contribution >= 0.6 is 34.8 Å². The van der Waals surface area contributed by atoms with E-state index in [4.69, 9.17) is 34.8 Å². The molecule has 0 radical (unpaired) electrons. The minimum absolute atomic E-state index is 0.0179. The zero-order chi connectivity index (χ0) is 13.4. The van der Waals surface area contributed by atoms with E-state index in [1.165, 1.54) is 19.1 Å². The second-order valence-electron chi connectivity index (χ2n) is 3.58. The summed E-state index contributed by atoms with van der Waals surface area (Å²) in [5, 5.41) is -0.826. The van der Waals surface area contributed by atoms with Gasteiger partial charge in [-0.3, -0.25) is 4.79 Å². The SMILES string of the molecule is CC(C(=O)c1c(Cl)cc(Cl)cc1Cl)S(C)(=O)=O. The Morgan fingerprint density at radius 1 is 1.18 bits per heavy atom. The molecule has 0 aliphatic heterocycles. The molecule has 0 spiro atoms. The number of carbonyl (C=O) groups is 1. The molecule has 0 aliphatic rings. The molecule has 1 atom stereocenters. The first-order chi connectivity index (χ1) is 7.64. The van der Waals surface area contributed by atoms with Gasteiger partial charge in [0.1, 0.15) is 5.25 Å². The van der Waals surface area contributed by atoms with E-state index in [1.807, 2.05) is 0 Å². The van der Waals surface area contributed by atoms with E-state index >= 15 is 0 Å². The van der Waals surface area contributed by atoms with Gasteiger partial charge >= 0.3 is 0 Å². The zero-order valence-electron chi connectivity index (χ0n) is 9.00. The molecule has 0 aliphatic carbocycles. The van der Waals surface area contributed by atoms with Crippen LogP contribution in [0.4, 0.5) is 0 Å². The van der Waals surface area contributed by atoms with Crippen molar-refractivity contribution in [3.05, 3.63) is 32.8 Å². The molecule has 1 rings (SSSR count). The molecule has 94 valence electrons. The lowest BCUT2D eigenvalue weighted by Crippen LogP contribution is -2.26. The van der Waals surface area contributed by atoms with Crippen molar-refractivity contribution >= 4 is 50.4 Å². The fraction of sp³-hybridized carbons (Fsp3) is 0.300. The van der Waals surface area contributed by atoms with E-state index in [9.17, 15) is 13.2 Å². The monoisotopic (exact) mass is 314 g/mol. The molecule has 0 N–H and O–H groups in total. The molecule has 0 saturated carbocycles. The van der Waals surface area contributed by atoms with Gasteiger partial charge < -0.3 is 0 Å². The summed E-state index contributed by atoms with van der Waals surface area (Å²) in [4.78, 5) is 12.0. The Kier molecular flexibility index (Phi) is 4.47. The average Bonchev–Trinajstić information content (AvgIpc) is 2.13. The lowest BCUT2D eigenvalue weighted by atomic mass is 10.1. The van der Waals surface area contributed by atoms with Gasteiger partial charge in [-0.15, -0.1) is 0 Å². The van der Waals surface area contributed by atoms with Crippen molar-refractivity contribution in [3.63, 3.8) is 0 Å². The third-order valence-electron chi connectivity index (χ3n) is 2.26. The molecule has 0 saturated heterocycles. The normalized spacial score (nSPS) is 13.5. The Balaban J connectivity index is 3.32. The summed E-state index contributed by atoms with van der Waals surface area (Å²) in [6.45, 7) is 1.29. The van der Waals surface area contributed by atoms with Crippen molar-refractivity contribution < 1.29 is 13.2 Å². The maximum atomic E-state index is 12.0. The van der Waals surface area contributed by atoms with Gasteiger partial charge in [0.15, 0.2) is 15.6 Å². The van der Waals surface area contributed by atoms with Crippen LogP contribution in [-0.4, -0.2) is 25.7 Å². The molecule has 7 heteroatoms. The summed E-state index contributed by atoms with van der Waals surface area (Å²) in [6.07, 6.45) is 0.979. The van der Waals surface area contributed by atoms with Crippen LogP contribution in [0, 0.1) is 0 Å². The smallest absolute Gasteiger partial charge is 0.183 e. The van der Waals surface area contributed by atoms with Crippen molar-refractivity contribution in [1.82, 2.24) is 0 Å². The van der Waals surface area contributed by atoms with Crippen LogP contribution in [-0.2, 0) is 9.84 Å². The van der Waals surface area contributed by atoms with E-state index in [1.54, 1.807) is 0 Å². The van der Waals surface area contributed by atoms with Crippen molar-refractivity contribution in [2.45, 2.75) is 12.2 Å². The van der Waals surface area contributed by atoms with Crippen LogP contribution in [0.2, 0.25) is 15.1 Å². The summed E-state index contributed by atoms with van der Waals surface area (Å²) in [5.74, 6) is -0.640. The molecule has 1 aromatic carbocycles. The molecule has 0 fully saturated rings. The molecule has 1 unspecified atom stereocenters. The topological polar surface area (TPSA) is 51.2 Å². The van der Waals surface area contributed by atoms with Gasteiger partial charge in [0.25, 0.3) is 0 Å². The maximum absolute atomic E-state index is 12.0. The Hall–Kier alpha value is -0.290. The van der Waals surface area contributed by atoms with Crippen LogP contribution in [0.1, 0.15) is 17.3 Å². The standard InChI is InChI=1S/C10H9Cl3O3S/c1-5(17(2,15)16)10(14)9-7(12)3-6(11)4-8(9)13/h3-5H,1-2H3. The lowest BCUT2D eigenvalue weighted by Gasteiger charge is -2.11. The minimum atomic E-state index is -3.49. The second kappa shape index (κ2) is 5.14. The number of hydrogen-bond acceptors (Lipinski definition) is 3. The van der Waals surface area contributed by atoms with E-state index in [0.717, 1.165) is 6.26 Å². The molecule has 17 heavy (non-hydrogen) atoms. The highest BCUT2D eigenvalue weighted by Gasteiger charge is 2.28. The van der Waals surface area contributed by atoms with Crippen molar-refractivity contribution in [2.75, 3.05) is 6.26 Å². The number of carbonyl (C=O) groups excluding carboxylic acids is 1. The van der Waals surface area contributed by atoms with E-state index < -0.39 is 20.9 Å². The Morgan fingerprint density at radius 3 is 1.94 bits per heavy atom. The number of halogens is 3. The van der Waals surface area contributed by atoms with Crippen LogP contribution in [0.3, 0.4) is 0 Å². The maximum Gasteiger partial charge on any atom is 0.183 e. The fourth-order valence-corrected chi connectivity index (χ4v) is 2.69. The Labute approximate surface area is 115 Å². The Morgan fingerprint density at radius 2 is 1.59 bits per heavy atom. The quantitative estimate of drug-likeness (QED) is 0.804. The summed E-state index contributed by atoms with van der Waals surface area (Å²) >= 11 is 17.4. The lowest BCUT2D eigenvalue weighted by molar-refractivity contribution is 0.0992. The van der Waals surface area contributed by atoms with Crippen molar-refractivity contribution in [1.29, 1.82) is 0 Å². The van der Waals surface area contributed by atoms with Gasteiger partial charge in [0.2, 0.25) is 0 Å². The minimum Gasteiger partial charge on any atom is -0.293 e. The molecule has 1 aromatic rings. The van der Waals surface area contributed by atoms with Gasteiger partial charge in [-0.05, 0) is 19.1 Å². The first kappa shape index (κ1) is 14.8. The number of rotatable bonds is 3. The van der Waals surface area contributed by atoms with Gasteiger partial charge in [0.05, 0.1) is 15.6 Å². The van der Waals surface area contributed by atoms with E-state index in [0.29, 0.717) is 0 Å². The highest BCUT2D eigenvalue weighted by atomic mass is 35.5. The highest BCUT2D eigenvalue weighted by molar-refractivity contribution is 7.92. The largest absolute Gasteiger partial charge is 0.293 e. The first-order valence-electron chi connectivity index (χ1n) is 4.52. The van der Waals surface area contributed by atoms with E-state index in [2.05, 4.69) is 0 Å². The predicted molar refractivity (Wildman–Crippen MR) is 70.1 cm³/mol.